The third-order valence-electron chi connectivity index (χ3n) is 2.35. The summed E-state index contributed by atoms with van der Waals surface area (Å²) in [5, 5.41) is 2.78. The third kappa shape index (κ3) is 2.89. The van der Waals surface area contributed by atoms with E-state index in [2.05, 4.69) is 5.32 Å². The quantitative estimate of drug-likeness (QED) is 0.867. The molecule has 0 radical (unpaired) electrons. The van der Waals surface area contributed by atoms with Gasteiger partial charge in [0, 0.05) is 6.42 Å². The van der Waals surface area contributed by atoms with Crippen molar-refractivity contribution >= 4 is 11.5 Å². The van der Waals surface area contributed by atoms with Gasteiger partial charge in [-0.1, -0.05) is 12.1 Å². The van der Waals surface area contributed by atoms with Crippen molar-refractivity contribution < 1.29 is 22.7 Å². The Bertz CT molecular complexity index is 443. The normalized spacial score (nSPS) is 15.1. The van der Waals surface area contributed by atoms with Crippen LogP contribution in [0.4, 0.5) is 18.9 Å². The molecule has 2 rings (SSSR count). The van der Waals surface area contributed by atoms with Crippen LogP contribution in [0, 0.1) is 0 Å². The number of carbonyl (C=O) groups excluding carboxylic acids is 1. The Kier molecular flexibility index (Phi) is 2.95. The maximum Gasteiger partial charge on any atom is 0.422 e. The summed E-state index contributed by atoms with van der Waals surface area (Å²) in [6.07, 6.45) is -4.14. The summed E-state index contributed by atoms with van der Waals surface area (Å²) < 4.78 is 40.8. The summed E-state index contributed by atoms with van der Waals surface area (Å²) in [6, 6.07) is 4.72. The lowest BCUT2D eigenvalue weighted by atomic mass is 10.0. The Morgan fingerprint density at radius 3 is 2.82 bits per heavy atom. The molecule has 1 heterocycles. The van der Waals surface area contributed by atoms with E-state index in [1.165, 1.54) is 6.07 Å². The van der Waals surface area contributed by atoms with Gasteiger partial charge >= 0.3 is 6.18 Å². The molecule has 0 amide bonds. The molecule has 0 spiro atoms. The van der Waals surface area contributed by atoms with Crippen LogP contribution in [0.2, 0.25) is 0 Å². The molecule has 1 aliphatic rings. The summed E-state index contributed by atoms with van der Waals surface area (Å²) in [7, 11) is 0. The number of nitrogens with one attached hydrogen (secondary N) is 1. The summed E-state index contributed by atoms with van der Waals surface area (Å²) in [6.45, 7) is -1.21. The highest BCUT2D eigenvalue weighted by molar-refractivity contribution is 5.90. The number of hydrogen-bond donors (Lipinski definition) is 1. The molecule has 0 fully saturated rings. The first kappa shape index (κ1) is 11.8. The summed E-state index contributed by atoms with van der Waals surface area (Å²) in [5.74, 6) is 0.137. The van der Waals surface area contributed by atoms with E-state index >= 15 is 0 Å². The standard InChI is InChI=1S/C11H10F3NO2/c12-11(13,14)6-17-9-3-1-2-7-4-8(16)5-15-10(7)9/h1-3,15H,4-6H2. The number of fused-ring (bicyclic) bond motifs is 1. The number of ketones is 1. The van der Waals surface area contributed by atoms with Crippen LogP contribution < -0.4 is 10.1 Å². The molecule has 1 aromatic carbocycles. The number of ether oxygens (including phenoxy) is 1. The summed E-state index contributed by atoms with van der Waals surface area (Å²) in [4.78, 5) is 11.2. The number of alkyl halides is 3. The molecule has 92 valence electrons. The number of Topliss-reactive ketones (excluding diaryl/α,β-unsaturated/α-hetero) is 1. The highest BCUT2D eigenvalue weighted by Crippen LogP contribution is 2.32. The van der Waals surface area contributed by atoms with E-state index in [9.17, 15) is 18.0 Å². The Hall–Kier alpha value is -1.72. The lowest BCUT2D eigenvalue weighted by Gasteiger charge is -2.20. The van der Waals surface area contributed by atoms with Crippen LogP contribution in [0.5, 0.6) is 5.75 Å². The van der Waals surface area contributed by atoms with Crippen molar-refractivity contribution in [1.29, 1.82) is 0 Å². The van der Waals surface area contributed by atoms with E-state index < -0.39 is 12.8 Å². The lowest BCUT2D eigenvalue weighted by molar-refractivity contribution is -0.153. The van der Waals surface area contributed by atoms with Crippen molar-refractivity contribution in [3.8, 4) is 5.75 Å². The van der Waals surface area contributed by atoms with Gasteiger partial charge in [-0.25, -0.2) is 0 Å². The number of para-hydroxylation sites is 1. The molecule has 1 N–H and O–H groups in total. The Labute approximate surface area is 95.6 Å². The molecule has 6 heteroatoms. The Morgan fingerprint density at radius 2 is 2.12 bits per heavy atom. The Morgan fingerprint density at radius 1 is 1.35 bits per heavy atom. The first-order chi connectivity index (χ1) is 7.96. The second kappa shape index (κ2) is 4.27. The fourth-order valence-corrected chi connectivity index (χ4v) is 1.67. The SMILES string of the molecule is O=C1CNc2c(cccc2OCC(F)(F)F)C1. The van der Waals surface area contributed by atoms with Crippen LogP contribution in [0.1, 0.15) is 5.56 Å². The van der Waals surface area contributed by atoms with Crippen molar-refractivity contribution in [2.75, 3.05) is 18.5 Å². The van der Waals surface area contributed by atoms with Gasteiger partial charge in [-0.2, -0.15) is 13.2 Å². The fraction of sp³-hybridized carbons (Fsp3) is 0.364. The van der Waals surface area contributed by atoms with E-state index in [1.54, 1.807) is 12.1 Å². The molecule has 0 atom stereocenters. The van der Waals surface area contributed by atoms with Crippen LogP contribution in [0.15, 0.2) is 18.2 Å². The molecule has 17 heavy (non-hydrogen) atoms. The molecule has 0 bridgehead atoms. The van der Waals surface area contributed by atoms with Gasteiger partial charge in [-0.3, -0.25) is 4.79 Å². The average molecular weight is 245 g/mol. The molecule has 0 unspecified atom stereocenters. The van der Waals surface area contributed by atoms with E-state index in [4.69, 9.17) is 4.74 Å². The maximum absolute atomic E-state index is 12.0. The smallest absolute Gasteiger partial charge is 0.422 e. The second-order valence-electron chi connectivity index (χ2n) is 3.76. The van der Waals surface area contributed by atoms with E-state index in [0.29, 0.717) is 11.3 Å². The van der Waals surface area contributed by atoms with E-state index in [1.807, 2.05) is 0 Å². The van der Waals surface area contributed by atoms with Crippen molar-refractivity contribution in [3.05, 3.63) is 23.8 Å². The number of anilines is 1. The lowest BCUT2D eigenvalue weighted by Crippen LogP contribution is -2.24. The minimum atomic E-state index is -4.37. The largest absolute Gasteiger partial charge is 0.482 e. The molecule has 3 nitrogen and oxygen atoms in total. The van der Waals surface area contributed by atoms with Crippen LogP contribution in [-0.2, 0) is 11.2 Å². The fourth-order valence-electron chi connectivity index (χ4n) is 1.67. The first-order valence-corrected chi connectivity index (χ1v) is 5.03. The molecular formula is C11H10F3NO2. The van der Waals surface area contributed by atoms with Crippen LogP contribution >= 0.6 is 0 Å². The van der Waals surface area contributed by atoms with Gasteiger partial charge < -0.3 is 10.1 Å². The molecule has 0 saturated carbocycles. The highest BCUT2D eigenvalue weighted by atomic mass is 19.4. The minimum Gasteiger partial charge on any atom is -0.482 e. The van der Waals surface area contributed by atoms with E-state index in [0.717, 1.165) is 0 Å². The predicted molar refractivity (Wildman–Crippen MR) is 55.2 cm³/mol. The van der Waals surface area contributed by atoms with Gasteiger partial charge in [0.1, 0.15) is 5.75 Å². The van der Waals surface area contributed by atoms with Crippen molar-refractivity contribution in [3.63, 3.8) is 0 Å². The molecule has 0 saturated heterocycles. The van der Waals surface area contributed by atoms with Gasteiger partial charge in [0.15, 0.2) is 12.4 Å². The molecule has 0 aliphatic carbocycles. The van der Waals surface area contributed by atoms with Gasteiger partial charge in [0.25, 0.3) is 0 Å². The predicted octanol–water partition coefficient (Wildman–Crippen LogP) is 2.16. The third-order valence-corrected chi connectivity index (χ3v) is 2.35. The number of rotatable bonds is 2. The minimum absolute atomic E-state index is 0.00507. The molecule has 0 aromatic heterocycles. The first-order valence-electron chi connectivity index (χ1n) is 5.03. The maximum atomic E-state index is 12.0. The van der Waals surface area contributed by atoms with E-state index in [-0.39, 0.29) is 24.5 Å². The highest BCUT2D eigenvalue weighted by Gasteiger charge is 2.29. The van der Waals surface area contributed by atoms with Crippen molar-refractivity contribution in [1.82, 2.24) is 0 Å². The van der Waals surface area contributed by atoms with Crippen molar-refractivity contribution in [2.24, 2.45) is 0 Å². The topological polar surface area (TPSA) is 38.3 Å². The van der Waals surface area contributed by atoms with Gasteiger partial charge in [0.2, 0.25) is 0 Å². The Balaban J connectivity index is 2.18. The number of carbonyl (C=O) groups is 1. The van der Waals surface area contributed by atoms with Gasteiger partial charge in [-0.15, -0.1) is 0 Å². The monoisotopic (exact) mass is 245 g/mol. The zero-order valence-electron chi connectivity index (χ0n) is 8.80. The second-order valence-corrected chi connectivity index (χ2v) is 3.76. The van der Waals surface area contributed by atoms with Gasteiger partial charge in [-0.05, 0) is 11.6 Å². The average Bonchev–Trinajstić information content (AvgIpc) is 2.24. The van der Waals surface area contributed by atoms with Crippen LogP contribution in [0.25, 0.3) is 0 Å². The zero-order valence-corrected chi connectivity index (χ0v) is 8.80. The van der Waals surface area contributed by atoms with Crippen LogP contribution in [-0.4, -0.2) is 25.1 Å². The number of benzene rings is 1. The zero-order chi connectivity index (χ0) is 12.5. The number of halogens is 3. The number of hydrogen-bond acceptors (Lipinski definition) is 3. The summed E-state index contributed by atoms with van der Waals surface area (Å²) in [5.41, 5.74) is 1.15. The van der Waals surface area contributed by atoms with Crippen molar-refractivity contribution in [2.45, 2.75) is 12.6 Å². The molecule has 1 aromatic rings. The molecular weight excluding hydrogens is 235 g/mol. The summed E-state index contributed by atoms with van der Waals surface area (Å²) >= 11 is 0. The van der Waals surface area contributed by atoms with Crippen LogP contribution in [0.3, 0.4) is 0 Å². The molecule has 1 aliphatic heterocycles. The van der Waals surface area contributed by atoms with Gasteiger partial charge in [0.05, 0.1) is 12.2 Å².